The molecule has 0 spiro atoms. The van der Waals surface area contributed by atoms with E-state index in [4.69, 9.17) is 4.74 Å². The molecule has 0 bridgehead atoms. The number of nitrogens with zero attached hydrogens (tertiary/aromatic N) is 1. The van der Waals surface area contributed by atoms with Crippen molar-refractivity contribution in [2.45, 2.75) is 124 Å². The first kappa shape index (κ1) is 41.0. The molecule has 6 atom stereocenters. The van der Waals surface area contributed by atoms with Crippen LogP contribution in [0.1, 0.15) is 103 Å². The van der Waals surface area contributed by atoms with Crippen LogP contribution in [-0.4, -0.2) is 81.6 Å². The van der Waals surface area contributed by atoms with Gasteiger partial charge in [-0.25, -0.2) is 4.79 Å². The second kappa shape index (κ2) is 18.2. The number of carboxylic acids is 1. The summed E-state index contributed by atoms with van der Waals surface area (Å²) in [6, 6.07) is 12.4. The monoisotopic (exact) mass is 705 g/mol. The molecular weight excluding hydrogens is 650 g/mol. The van der Waals surface area contributed by atoms with Crippen molar-refractivity contribution in [1.29, 1.82) is 0 Å². The molecule has 11 nitrogen and oxygen atoms in total. The summed E-state index contributed by atoms with van der Waals surface area (Å²) in [6.07, 6.45) is 2.23. The second-order valence-electron chi connectivity index (χ2n) is 15.0. The molecule has 11 heteroatoms. The predicted molar refractivity (Wildman–Crippen MR) is 195 cm³/mol. The third kappa shape index (κ3) is 12.1. The summed E-state index contributed by atoms with van der Waals surface area (Å²) < 4.78 is 6.07. The van der Waals surface area contributed by atoms with Gasteiger partial charge in [-0.1, -0.05) is 63.6 Å². The van der Waals surface area contributed by atoms with Crippen molar-refractivity contribution in [1.82, 2.24) is 15.5 Å². The van der Waals surface area contributed by atoms with Crippen molar-refractivity contribution in [3.63, 3.8) is 0 Å². The maximum Gasteiger partial charge on any atom is 0.326 e. The maximum absolute atomic E-state index is 13.9. The topological polar surface area (TPSA) is 159 Å². The highest BCUT2D eigenvalue weighted by atomic mass is 16.5. The van der Waals surface area contributed by atoms with E-state index < -0.39 is 65.1 Å². The molecule has 3 rings (SSSR count). The number of unbranched alkanes of at least 4 members (excludes halogenated alkanes) is 1. The molecule has 0 aliphatic carbocycles. The van der Waals surface area contributed by atoms with Gasteiger partial charge in [-0.2, -0.15) is 0 Å². The number of carbonyl (C=O) groups excluding carboxylic acids is 5. The van der Waals surface area contributed by atoms with Crippen molar-refractivity contribution >= 4 is 35.3 Å². The number of carboxylic acid groups (broad SMARTS) is 1. The Kier molecular flexibility index (Phi) is 14.7. The SMILES string of the molecule is CCCCc1ccc(-c2ccc(C(=O)N3C[C@@H](C)C[C@H]3C(=O)NC(C(=O)C[C@@H](C)C(=O)N[C@@H](CC(C)=O)C(=O)O)[C@@H](C)OC(C)(C)C)cc2)cc1. The third-order valence-corrected chi connectivity index (χ3v) is 9.03. The van der Waals surface area contributed by atoms with Crippen LogP contribution in [0.4, 0.5) is 0 Å². The summed E-state index contributed by atoms with van der Waals surface area (Å²) in [4.78, 5) is 78.9. The fraction of sp³-hybridized carbons (Fsp3) is 0.550. The number of aliphatic carboxylic acids is 1. The van der Waals surface area contributed by atoms with E-state index in [1.807, 2.05) is 39.8 Å². The molecule has 2 aromatic rings. The summed E-state index contributed by atoms with van der Waals surface area (Å²) in [6.45, 7) is 14.3. The molecule has 51 heavy (non-hydrogen) atoms. The lowest BCUT2D eigenvalue weighted by molar-refractivity contribution is -0.144. The van der Waals surface area contributed by atoms with Gasteiger partial charge in [0.15, 0.2) is 5.78 Å². The van der Waals surface area contributed by atoms with Crippen LogP contribution in [0.25, 0.3) is 11.1 Å². The van der Waals surface area contributed by atoms with Crippen LogP contribution in [0, 0.1) is 11.8 Å². The Bertz CT molecular complexity index is 1550. The van der Waals surface area contributed by atoms with Gasteiger partial charge in [0.05, 0.1) is 11.7 Å². The molecule has 3 N–H and O–H groups in total. The summed E-state index contributed by atoms with van der Waals surface area (Å²) in [5.41, 5.74) is 3.10. The Labute approximate surface area is 301 Å². The highest BCUT2D eigenvalue weighted by Crippen LogP contribution is 2.27. The van der Waals surface area contributed by atoms with Crippen molar-refractivity contribution in [2.24, 2.45) is 11.8 Å². The quantitative estimate of drug-likeness (QED) is 0.198. The Morgan fingerprint density at radius 1 is 0.922 bits per heavy atom. The van der Waals surface area contributed by atoms with Gasteiger partial charge in [0.1, 0.15) is 23.9 Å². The van der Waals surface area contributed by atoms with Crippen LogP contribution in [0.2, 0.25) is 0 Å². The lowest BCUT2D eigenvalue weighted by atomic mass is 9.95. The minimum atomic E-state index is -1.42. The van der Waals surface area contributed by atoms with Crippen LogP contribution in [0.5, 0.6) is 0 Å². The van der Waals surface area contributed by atoms with E-state index in [1.54, 1.807) is 24.0 Å². The standard InChI is InChI=1S/C40H55N3O8/c1-9-10-11-28-12-14-29(15-13-28)30-16-18-31(19-17-30)38(48)43-23-24(2)20-33(43)37(47)42-35(27(5)51-40(6,7)8)34(45)21-25(3)36(46)41-32(39(49)50)22-26(4)44/h12-19,24-25,27,32-33,35H,9-11,20-23H2,1-8H3,(H,41,46)(H,42,47)(H,49,50)/t24-,25+,27+,32-,33-,35?/m0/s1. The molecule has 0 aromatic heterocycles. The lowest BCUT2D eigenvalue weighted by Gasteiger charge is -2.33. The van der Waals surface area contributed by atoms with Gasteiger partial charge >= 0.3 is 5.97 Å². The number of aryl methyl sites for hydroxylation is 1. The highest BCUT2D eigenvalue weighted by molar-refractivity contribution is 6.00. The lowest BCUT2D eigenvalue weighted by Crippen LogP contribution is -2.56. The Balaban J connectivity index is 1.76. The molecule has 1 aliphatic heterocycles. The van der Waals surface area contributed by atoms with Gasteiger partial charge in [0, 0.05) is 30.9 Å². The van der Waals surface area contributed by atoms with E-state index in [0.717, 1.165) is 30.4 Å². The van der Waals surface area contributed by atoms with E-state index in [-0.39, 0.29) is 24.7 Å². The van der Waals surface area contributed by atoms with E-state index in [1.165, 1.54) is 19.4 Å². The number of hydrogen-bond donors (Lipinski definition) is 3. The predicted octanol–water partition coefficient (Wildman–Crippen LogP) is 5.38. The molecule has 1 saturated heterocycles. The van der Waals surface area contributed by atoms with Crippen molar-refractivity contribution in [2.75, 3.05) is 6.54 Å². The highest BCUT2D eigenvalue weighted by Gasteiger charge is 2.41. The van der Waals surface area contributed by atoms with E-state index >= 15 is 0 Å². The van der Waals surface area contributed by atoms with Gasteiger partial charge < -0.3 is 25.4 Å². The third-order valence-electron chi connectivity index (χ3n) is 9.03. The van der Waals surface area contributed by atoms with Gasteiger partial charge in [0.2, 0.25) is 11.8 Å². The van der Waals surface area contributed by atoms with Gasteiger partial charge in [-0.15, -0.1) is 0 Å². The summed E-state index contributed by atoms with van der Waals surface area (Å²) in [5.74, 6) is -4.67. The average Bonchev–Trinajstić information content (AvgIpc) is 3.46. The summed E-state index contributed by atoms with van der Waals surface area (Å²) in [7, 11) is 0. The smallest absolute Gasteiger partial charge is 0.326 e. The Morgan fingerprint density at radius 2 is 1.51 bits per heavy atom. The second-order valence-corrected chi connectivity index (χ2v) is 15.0. The van der Waals surface area contributed by atoms with Gasteiger partial charge in [-0.05, 0) is 88.6 Å². The number of nitrogens with one attached hydrogen (secondary N) is 2. The molecule has 2 aromatic carbocycles. The summed E-state index contributed by atoms with van der Waals surface area (Å²) in [5, 5.41) is 14.6. The average molecular weight is 706 g/mol. The number of hydrogen-bond acceptors (Lipinski definition) is 7. The first-order chi connectivity index (χ1) is 23.9. The number of Topliss-reactive ketones (excluding diaryl/α,β-unsaturated/α-hetero) is 2. The fourth-order valence-electron chi connectivity index (χ4n) is 6.39. The number of amides is 3. The molecule has 1 heterocycles. The molecule has 3 amide bonds. The maximum atomic E-state index is 13.9. The fourth-order valence-corrected chi connectivity index (χ4v) is 6.39. The van der Waals surface area contributed by atoms with E-state index in [9.17, 15) is 33.9 Å². The number of likely N-dealkylation sites (tertiary alicyclic amines) is 1. The van der Waals surface area contributed by atoms with Crippen LogP contribution in [0.15, 0.2) is 48.5 Å². The first-order valence-electron chi connectivity index (χ1n) is 17.9. The molecule has 1 aliphatic rings. The number of ether oxygens (including phenoxy) is 1. The van der Waals surface area contributed by atoms with Crippen molar-refractivity contribution in [3.8, 4) is 11.1 Å². The van der Waals surface area contributed by atoms with Crippen LogP contribution in [0.3, 0.4) is 0 Å². The summed E-state index contributed by atoms with van der Waals surface area (Å²) >= 11 is 0. The molecule has 0 radical (unpaired) electrons. The van der Waals surface area contributed by atoms with Crippen molar-refractivity contribution < 1.29 is 38.6 Å². The molecule has 278 valence electrons. The number of carbonyl (C=O) groups is 6. The first-order valence-corrected chi connectivity index (χ1v) is 17.9. The van der Waals surface area contributed by atoms with Gasteiger partial charge in [0.25, 0.3) is 5.91 Å². The number of benzene rings is 2. The Hall–Kier alpha value is -4.38. The van der Waals surface area contributed by atoms with Gasteiger partial charge in [-0.3, -0.25) is 24.0 Å². The minimum absolute atomic E-state index is 0.0356. The zero-order chi connectivity index (χ0) is 38.0. The van der Waals surface area contributed by atoms with E-state index in [2.05, 4.69) is 41.8 Å². The van der Waals surface area contributed by atoms with Crippen molar-refractivity contribution in [3.05, 3.63) is 59.7 Å². The van der Waals surface area contributed by atoms with Crippen LogP contribution >= 0.6 is 0 Å². The Morgan fingerprint density at radius 3 is 2.04 bits per heavy atom. The zero-order valence-corrected chi connectivity index (χ0v) is 31.3. The number of rotatable bonds is 17. The normalized spacial score (nSPS) is 18.3. The number of ketones is 2. The minimum Gasteiger partial charge on any atom is -0.480 e. The molecule has 1 fully saturated rings. The van der Waals surface area contributed by atoms with Crippen LogP contribution in [-0.2, 0) is 35.1 Å². The zero-order valence-electron chi connectivity index (χ0n) is 31.3. The van der Waals surface area contributed by atoms with Crippen LogP contribution < -0.4 is 10.6 Å². The van der Waals surface area contributed by atoms with E-state index in [0.29, 0.717) is 18.5 Å². The molecule has 1 unspecified atom stereocenters. The molecular formula is C40H55N3O8. The molecule has 0 saturated carbocycles. The largest absolute Gasteiger partial charge is 0.480 e.